The van der Waals surface area contributed by atoms with Gasteiger partial charge >= 0.3 is 6.03 Å². The van der Waals surface area contributed by atoms with Crippen molar-refractivity contribution in [3.63, 3.8) is 0 Å². The number of rotatable bonds is 5. The van der Waals surface area contributed by atoms with Crippen molar-refractivity contribution in [3.05, 3.63) is 64.4 Å². The van der Waals surface area contributed by atoms with Crippen molar-refractivity contribution in [2.75, 3.05) is 43.3 Å². The van der Waals surface area contributed by atoms with Crippen molar-refractivity contribution in [3.8, 4) is 5.75 Å². The number of amides is 3. The second-order valence-electron chi connectivity index (χ2n) is 11.4. The molecule has 1 unspecified atom stereocenters. The highest BCUT2D eigenvalue weighted by Crippen LogP contribution is 2.53. The van der Waals surface area contributed by atoms with Crippen molar-refractivity contribution >= 4 is 46.3 Å². The van der Waals surface area contributed by atoms with Crippen LogP contribution >= 0.6 is 0 Å². The molecule has 1 fully saturated rings. The molecule has 13 heteroatoms. The number of phenols is 1. The standard InChI is InChI=1S/C30H33N5O8/c1-34(2)15-7-5-14(6-8-15)32-29(42)33-23-17-12-13-11-16-18(35(3)4)9-10-19(36)21(16)24(37)20(13)26(39)30(17,43)27(40)22(25(23)38)28(31)41/h5-10,13,17,23,36-37,40,43H,11-12H2,1-4H3,(H2,31,41)(H2,32,33,42)/t13-,17-,23?,30-/m0/s1. The van der Waals surface area contributed by atoms with E-state index in [0.29, 0.717) is 16.9 Å². The number of carbonyl (C=O) groups is 4. The third-order valence-electron chi connectivity index (χ3n) is 8.47. The Kier molecular flexibility index (Phi) is 7.09. The molecule has 8 N–H and O–H groups in total. The lowest BCUT2D eigenvalue weighted by atomic mass is 9.57. The van der Waals surface area contributed by atoms with Crippen LogP contribution in [0.5, 0.6) is 5.75 Å². The van der Waals surface area contributed by atoms with Gasteiger partial charge in [0.05, 0.1) is 5.56 Å². The number of Topliss-reactive ketones (excluding diaryl/α,β-unsaturated/α-hetero) is 2. The Balaban J connectivity index is 1.57. The number of anilines is 3. The molecule has 0 aromatic heterocycles. The molecule has 0 radical (unpaired) electrons. The Morgan fingerprint density at radius 3 is 2.21 bits per heavy atom. The fourth-order valence-electron chi connectivity index (χ4n) is 6.40. The maximum Gasteiger partial charge on any atom is 0.319 e. The molecule has 0 heterocycles. The number of phenolic OH excluding ortho intramolecular Hbond substituents is 1. The van der Waals surface area contributed by atoms with E-state index in [2.05, 4.69) is 10.6 Å². The number of aromatic hydroxyl groups is 1. The zero-order valence-electron chi connectivity index (χ0n) is 24.0. The first-order valence-corrected chi connectivity index (χ1v) is 13.5. The monoisotopic (exact) mass is 591 g/mol. The SMILES string of the molecule is CN(C)c1ccc(NC(=O)NC2C(=O)C(C(N)=O)=C(O)[C@@]3(O)C(=O)C4=C(O)c5c(O)ccc(N(C)C)c5C[C@H]4C[C@@H]23)cc1. The van der Waals surface area contributed by atoms with E-state index in [1.807, 2.05) is 19.0 Å². The summed E-state index contributed by atoms with van der Waals surface area (Å²) in [6.45, 7) is 0. The summed E-state index contributed by atoms with van der Waals surface area (Å²) in [6.07, 6.45) is -0.0264. The van der Waals surface area contributed by atoms with Gasteiger partial charge in [-0.3, -0.25) is 14.4 Å². The average molecular weight is 592 g/mol. The first kappa shape index (κ1) is 29.5. The normalized spacial score (nSPS) is 24.5. The Morgan fingerprint density at radius 1 is 0.977 bits per heavy atom. The predicted molar refractivity (Wildman–Crippen MR) is 158 cm³/mol. The lowest BCUT2D eigenvalue weighted by molar-refractivity contribution is -0.150. The fraction of sp³-hybridized carbons (Fsp3) is 0.333. The largest absolute Gasteiger partial charge is 0.508 e. The summed E-state index contributed by atoms with van der Waals surface area (Å²) in [4.78, 5) is 56.5. The molecule has 3 aliphatic rings. The average Bonchev–Trinajstić information content (AvgIpc) is 2.92. The lowest BCUT2D eigenvalue weighted by Gasteiger charge is -2.49. The maximum atomic E-state index is 14.0. The van der Waals surface area contributed by atoms with Gasteiger partial charge in [0, 0.05) is 56.7 Å². The summed E-state index contributed by atoms with van der Waals surface area (Å²) in [6, 6.07) is 7.30. The first-order chi connectivity index (χ1) is 20.2. The van der Waals surface area contributed by atoms with Gasteiger partial charge in [-0.15, -0.1) is 0 Å². The van der Waals surface area contributed by atoms with Gasteiger partial charge in [-0.25, -0.2) is 4.79 Å². The van der Waals surface area contributed by atoms with Crippen LogP contribution in [-0.4, -0.2) is 83.8 Å². The van der Waals surface area contributed by atoms with Crippen LogP contribution in [0, 0.1) is 11.8 Å². The number of nitrogens with one attached hydrogen (secondary N) is 2. The van der Waals surface area contributed by atoms with Crippen LogP contribution in [0.1, 0.15) is 17.5 Å². The van der Waals surface area contributed by atoms with Gasteiger partial charge in [0.25, 0.3) is 5.91 Å². The van der Waals surface area contributed by atoms with Crippen molar-refractivity contribution in [1.29, 1.82) is 0 Å². The highest BCUT2D eigenvalue weighted by atomic mass is 16.3. The number of nitrogens with zero attached hydrogens (tertiary/aromatic N) is 2. The van der Waals surface area contributed by atoms with Gasteiger partial charge in [-0.2, -0.15) is 0 Å². The van der Waals surface area contributed by atoms with Crippen LogP contribution in [0.2, 0.25) is 0 Å². The minimum Gasteiger partial charge on any atom is -0.508 e. The maximum absolute atomic E-state index is 14.0. The molecule has 3 aliphatic carbocycles. The van der Waals surface area contributed by atoms with Crippen molar-refractivity contribution in [1.82, 2.24) is 5.32 Å². The molecular formula is C30H33N5O8. The molecular weight excluding hydrogens is 558 g/mol. The first-order valence-electron chi connectivity index (χ1n) is 13.5. The smallest absolute Gasteiger partial charge is 0.319 e. The number of urea groups is 1. The number of nitrogens with two attached hydrogens (primary N) is 1. The molecule has 0 saturated heterocycles. The number of aliphatic hydroxyl groups is 3. The van der Waals surface area contributed by atoms with Gasteiger partial charge in [-0.05, 0) is 60.7 Å². The molecule has 226 valence electrons. The van der Waals surface area contributed by atoms with E-state index in [1.54, 1.807) is 49.3 Å². The van der Waals surface area contributed by atoms with Gasteiger partial charge in [0.15, 0.2) is 11.4 Å². The molecule has 2 aromatic rings. The zero-order chi connectivity index (χ0) is 31.5. The van der Waals surface area contributed by atoms with Crippen LogP contribution < -0.4 is 26.2 Å². The van der Waals surface area contributed by atoms with E-state index in [1.165, 1.54) is 6.07 Å². The summed E-state index contributed by atoms with van der Waals surface area (Å²) in [5.74, 6) is -7.96. The molecule has 0 spiro atoms. The second kappa shape index (κ2) is 10.3. The van der Waals surface area contributed by atoms with E-state index >= 15 is 0 Å². The van der Waals surface area contributed by atoms with E-state index in [4.69, 9.17) is 5.73 Å². The summed E-state index contributed by atoms with van der Waals surface area (Å²) in [7, 11) is 7.25. The highest BCUT2D eigenvalue weighted by molar-refractivity contribution is 6.25. The van der Waals surface area contributed by atoms with Crippen LogP contribution in [0.25, 0.3) is 5.76 Å². The minimum atomic E-state index is -2.88. The Bertz CT molecular complexity index is 1630. The molecule has 43 heavy (non-hydrogen) atoms. The Labute approximate surface area is 246 Å². The fourth-order valence-corrected chi connectivity index (χ4v) is 6.40. The van der Waals surface area contributed by atoms with E-state index in [0.717, 1.165) is 5.69 Å². The molecule has 2 aromatic carbocycles. The van der Waals surface area contributed by atoms with Gasteiger partial charge in [-0.1, -0.05) is 0 Å². The number of benzene rings is 2. The molecule has 3 amide bonds. The second-order valence-corrected chi connectivity index (χ2v) is 11.4. The van der Waals surface area contributed by atoms with Gasteiger partial charge in [0.2, 0.25) is 5.78 Å². The van der Waals surface area contributed by atoms with E-state index in [9.17, 15) is 39.6 Å². The number of aliphatic hydroxyl groups excluding tert-OH is 2. The summed E-state index contributed by atoms with van der Waals surface area (Å²) in [5, 5.41) is 49.8. The van der Waals surface area contributed by atoms with Crippen LogP contribution in [0.15, 0.2) is 53.3 Å². The summed E-state index contributed by atoms with van der Waals surface area (Å²) in [5.41, 5.74) is 3.67. The summed E-state index contributed by atoms with van der Waals surface area (Å²) >= 11 is 0. The van der Waals surface area contributed by atoms with Crippen LogP contribution in [0.4, 0.5) is 21.9 Å². The van der Waals surface area contributed by atoms with E-state index < -0.39 is 64.1 Å². The number of ketones is 2. The van der Waals surface area contributed by atoms with Crippen LogP contribution in [0.3, 0.4) is 0 Å². The van der Waals surface area contributed by atoms with Crippen molar-refractivity contribution < 1.29 is 39.6 Å². The molecule has 0 aliphatic heterocycles. The zero-order valence-corrected chi connectivity index (χ0v) is 24.0. The molecule has 1 saturated carbocycles. The number of hydrogen-bond donors (Lipinski definition) is 7. The predicted octanol–water partition coefficient (Wildman–Crippen LogP) is 1.36. The third-order valence-corrected chi connectivity index (χ3v) is 8.47. The third kappa shape index (κ3) is 4.52. The molecule has 4 atom stereocenters. The van der Waals surface area contributed by atoms with Gasteiger partial charge < -0.3 is 46.6 Å². The molecule has 13 nitrogen and oxygen atoms in total. The highest BCUT2D eigenvalue weighted by Gasteiger charge is 2.64. The van der Waals surface area contributed by atoms with Gasteiger partial charge in [0.1, 0.15) is 28.9 Å². The quantitative estimate of drug-likeness (QED) is 0.249. The molecule has 5 rings (SSSR count). The topological polar surface area (TPSA) is 206 Å². The Morgan fingerprint density at radius 2 is 1.63 bits per heavy atom. The molecule has 0 bridgehead atoms. The number of carbonyl (C=O) groups excluding carboxylic acids is 4. The summed E-state index contributed by atoms with van der Waals surface area (Å²) < 4.78 is 0. The lowest BCUT2D eigenvalue weighted by Crippen LogP contribution is -2.66. The van der Waals surface area contributed by atoms with Crippen molar-refractivity contribution in [2.24, 2.45) is 17.6 Å². The Hall–Kier alpha value is -5.04. The number of fused-ring (bicyclic) bond motifs is 3. The van der Waals surface area contributed by atoms with E-state index in [-0.39, 0.29) is 29.7 Å². The number of primary amides is 1. The minimum absolute atomic E-state index is 0.00710. The van der Waals surface area contributed by atoms with Crippen LogP contribution in [-0.2, 0) is 20.8 Å². The van der Waals surface area contributed by atoms with Crippen molar-refractivity contribution in [2.45, 2.75) is 24.5 Å². The number of hydrogen-bond acceptors (Lipinski definition) is 10.